The van der Waals surface area contributed by atoms with Crippen molar-refractivity contribution in [2.45, 2.75) is 32.6 Å². The highest BCUT2D eigenvalue weighted by molar-refractivity contribution is 5.93. The van der Waals surface area contributed by atoms with Crippen molar-refractivity contribution in [2.24, 2.45) is 5.73 Å². The van der Waals surface area contributed by atoms with Gasteiger partial charge in [0.05, 0.1) is 5.69 Å². The van der Waals surface area contributed by atoms with Crippen LogP contribution >= 0.6 is 0 Å². The van der Waals surface area contributed by atoms with Gasteiger partial charge in [0.2, 0.25) is 0 Å². The van der Waals surface area contributed by atoms with Crippen LogP contribution in [0.4, 0.5) is 5.82 Å². The molecule has 1 aromatic heterocycles. The van der Waals surface area contributed by atoms with Gasteiger partial charge in [-0.25, -0.2) is 0 Å². The van der Waals surface area contributed by atoms with E-state index in [1.54, 1.807) is 0 Å². The Bertz CT molecular complexity index is 547. The lowest BCUT2D eigenvalue weighted by Crippen LogP contribution is -2.30. The normalized spacial score (nSPS) is 14.8. The van der Waals surface area contributed by atoms with E-state index in [0.29, 0.717) is 0 Å². The van der Waals surface area contributed by atoms with Gasteiger partial charge in [-0.1, -0.05) is 31.2 Å². The minimum Gasteiger partial charge on any atom is -0.355 e. The Morgan fingerprint density at radius 1 is 1.00 bits per heavy atom. The van der Waals surface area contributed by atoms with E-state index in [2.05, 4.69) is 52.0 Å². The molecule has 3 rings (SSSR count). The van der Waals surface area contributed by atoms with E-state index in [0.717, 1.165) is 31.0 Å². The highest BCUT2D eigenvalue weighted by Gasteiger charge is 2.16. The molecule has 0 bridgehead atoms. The van der Waals surface area contributed by atoms with Gasteiger partial charge < -0.3 is 10.6 Å². The monoisotopic (exact) mass is 272 g/mol. The standard InChI is InChI=1S/C15H19N3.CH5N/c1-2-14-12-8-4-5-9-13(12)15(17-16-14)18-10-6-3-7-11-18;1-2/h4-5,8-9H,2-3,6-7,10-11H2,1H3;2H2,1H3. The van der Waals surface area contributed by atoms with Gasteiger partial charge in [-0.2, -0.15) is 5.10 Å². The number of aryl methyl sites for hydroxylation is 1. The molecule has 2 N–H and O–H groups in total. The molecule has 0 radical (unpaired) electrons. The fraction of sp³-hybridized carbons (Fsp3) is 0.500. The summed E-state index contributed by atoms with van der Waals surface area (Å²) in [4.78, 5) is 2.39. The van der Waals surface area contributed by atoms with E-state index in [4.69, 9.17) is 0 Å². The fourth-order valence-corrected chi connectivity index (χ4v) is 2.75. The number of aromatic nitrogens is 2. The number of nitrogens with zero attached hydrogens (tertiary/aromatic N) is 3. The van der Waals surface area contributed by atoms with E-state index in [-0.39, 0.29) is 0 Å². The number of benzene rings is 1. The molecule has 4 nitrogen and oxygen atoms in total. The second-order valence-corrected chi connectivity index (χ2v) is 4.92. The first kappa shape index (κ1) is 14.7. The largest absolute Gasteiger partial charge is 0.355 e. The second kappa shape index (κ2) is 7.20. The molecule has 1 saturated heterocycles. The average molecular weight is 272 g/mol. The first-order valence-corrected chi connectivity index (χ1v) is 7.47. The first-order chi connectivity index (χ1) is 9.90. The molecule has 1 aromatic carbocycles. The van der Waals surface area contributed by atoms with Crippen LogP contribution in [0, 0.1) is 0 Å². The summed E-state index contributed by atoms with van der Waals surface area (Å²) >= 11 is 0. The highest BCUT2D eigenvalue weighted by atomic mass is 15.3. The third-order valence-electron chi connectivity index (χ3n) is 3.73. The van der Waals surface area contributed by atoms with Crippen molar-refractivity contribution in [3.63, 3.8) is 0 Å². The molecule has 1 aliphatic heterocycles. The smallest absolute Gasteiger partial charge is 0.159 e. The molecule has 0 spiro atoms. The third-order valence-corrected chi connectivity index (χ3v) is 3.73. The number of fused-ring (bicyclic) bond motifs is 1. The van der Waals surface area contributed by atoms with Crippen LogP contribution in [0.5, 0.6) is 0 Å². The van der Waals surface area contributed by atoms with Gasteiger partial charge in [-0.15, -0.1) is 5.10 Å². The number of hydrogen-bond donors (Lipinski definition) is 1. The number of rotatable bonds is 2. The lowest BCUT2D eigenvalue weighted by atomic mass is 10.1. The third kappa shape index (κ3) is 2.90. The van der Waals surface area contributed by atoms with Gasteiger partial charge in [0, 0.05) is 23.9 Å². The van der Waals surface area contributed by atoms with Gasteiger partial charge in [0.25, 0.3) is 0 Å². The van der Waals surface area contributed by atoms with Gasteiger partial charge in [-0.3, -0.25) is 0 Å². The van der Waals surface area contributed by atoms with Crippen LogP contribution in [0.25, 0.3) is 10.8 Å². The van der Waals surface area contributed by atoms with Gasteiger partial charge in [0.15, 0.2) is 5.82 Å². The summed E-state index contributed by atoms with van der Waals surface area (Å²) in [6, 6.07) is 8.52. The number of piperidine rings is 1. The lowest BCUT2D eigenvalue weighted by molar-refractivity contribution is 0.572. The number of nitrogens with two attached hydrogens (primary N) is 1. The molecule has 0 amide bonds. The van der Waals surface area contributed by atoms with Crippen molar-refractivity contribution < 1.29 is 0 Å². The molecule has 0 unspecified atom stereocenters. The van der Waals surface area contributed by atoms with Crippen molar-refractivity contribution in [3.8, 4) is 0 Å². The highest BCUT2D eigenvalue weighted by Crippen LogP contribution is 2.27. The van der Waals surface area contributed by atoms with E-state index in [1.165, 1.54) is 37.1 Å². The zero-order valence-corrected chi connectivity index (χ0v) is 12.5. The summed E-state index contributed by atoms with van der Waals surface area (Å²) in [5.41, 5.74) is 5.60. The predicted octanol–water partition coefficient (Wildman–Crippen LogP) is 2.76. The van der Waals surface area contributed by atoms with Crippen molar-refractivity contribution in [1.82, 2.24) is 10.2 Å². The Morgan fingerprint density at radius 3 is 2.30 bits per heavy atom. The molecule has 2 aromatic rings. The predicted molar refractivity (Wildman–Crippen MR) is 85.1 cm³/mol. The molecular weight excluding hydrogens is 248 g/mol. The van der Waals surface area contributed by atoms with Crippen LogP contribution in [0.1, 0.15) is 31.9 Å². The maximum atomic E-state index is 4.50. The molecule has 2 heterocycles. The quantitative estimate of drug-likeness (QED) is 0.913. The van der Waals surface area contributed by atoms with Crippen LogP contribution in [-0.4, -0.2) is 30.3 Å². The molecule has 108 valence electrons. The number of anilines is 1. The minimum absolute atomic E-state index is 0.938. The molecule has 1 aliphatic rings. The maximum absolute atomic E-state index is 4.50. The molecule has 1 fully saturated rings. The molecule has 0 aliphatic carbocycles. The molecule has 20 heavy (non-hydrogen) atoms. The van der Waals surface area contributed by atoms with Crippen LogP contribution in [-0.2, 0) is 6.42 Å². The van der Waals surface area contributed by atoms with E-state index in [1.807, 2.05) is 0 Å². The maximum Gasteiger partial charge on any atom is 0.159 e. The minimum atomic E-state index is 0.938. The summed E-state index contributed by atoms with van der Waals surface area (Å²) in [6.45, 7) is 4.37. The zero-order valence-electron chi connectivity index (χ0n) is 12.5. The van der Waals surface area contributed by atoms with Crippen LogP contribution < -0.4 is 10.6 Å². The first-order valence-electron chi connectivity index (χ1n) is 7.47. The van der Waals surface area contributed by atoms with E-state index < -0.39 is 0 Å². The van der Waals surface area contributed by atoms with Gasteiger partial charge in [0.1, 0.15) is 0 Å². The summed E-state index contributed by atoms with van der Waals surface area (Å²) < 4.78 is 0. The van der Waals surface area contributed by atoms with Crippen molar-refractivity contribution >= 4 is 16.6 Å². The lowest BCUT2D eigenvalue weighted by Gasteiger charge is -2.28. The van der Waals surface area contributed by atoms with E-state index >= 15 is 0 Å². The van der Waals surface area contributed by atoms with Crippen LogP contribution in [0.15, 0.2) is 24.3 Å². The van der Waals surface area contributed by atoms with Crippen molar-refractivity contribution in [3.05, 3.63) is 30.0 Å². The Morgan fingerprint density at radius 2 is 1.65 bits per heavy atom. The topological polar surface area (TPSA) is 55.0 Å². The molecule has 0 atom stereocenters. The number of hydrogen-bond acceptors (Lipinski definition) is 4. The van der Waals surface area contributed by atoms with E-state index in [9.17, 15) is 0 Å². The van der Waals surface area contributed by atoms with Gasteiger partial charge in [-0.05, 0) is 32.7 Å². The van der Waals surface area contributed by atoms with Crippen molar-refractivity contribution in [2.75, 3.05) is 25.0 Å². The Labute approximate surface area is 121 Å². The molecule has 4 heteroatoms. The zero-order chi connectivity index (χ0) is 14.4. The Hall–Kier alpha value is -1.68. The Kier molecular flexibility index (Phi) is 5.30. The summed E-state index contributed by atoms with van der Waals surface area (Å²) in [5.74, 6) is 1.07. The van der Waals surface area contributed by atoms with Crippen LogP contribution in [0.2, 0.25) is 0 Å². The molecular formula is C16H24N4. The SMILES string of the molecule is CCc1nnc(N2CCCCC2)c2ccccc12.CN. The summed E-state index contributed by atoms with van der Waals surface area (Å²) in [5, 5.41) is 11.4. The average Bonchev–Trinajstić information content (AvgIpc) is 2.56. The fourth-order valence-electron chi connectivity index (χ4n) is 2.75. The molecule has 0 saturated carbocycles. The summed E-state index contributed by atoms with van der Waals surface area (Å²) in [6.07, 6.45) is 4.82. The van der Waals surface area contributed by atoms with Gasteiger partial charge >= 0.3 is 0 Å². The van der Waals surface area contributed by atoms with Crippen LogP contribution in [0.3, 0.4) is 0 Å². The Balaban J connectivity index is 0.000000704. The van der Waals surface area contributed by atoms with Crippen molar-refractivity contribution in [1.29, 1.82) is 0 Å². The second-order valence-electron chi connectivity index (χ2n) is 4.92. The summed E-state index contributed by atoms with van der Waals surface area (Å²) in [7, 11) is 1.50.